The summed E-state index contributed by atoms with van der Waals surface area (Å²) in [4.78, 5) is 10.8. The van der Waals surface area contributed by atoms with Gasteiger partial charge in [-0.15, -0.1) is 0 Å². The molecule has 0 fully saturated rings. The molecule has 20 heavy (non-hydrogen) atoms. The molecule has 6 nitrogen and oxygen atoms in total. The number of benzene rings is 1. The summed E-state index contributed by atoms with van der Waals surface area (Å²) in [5, 5.41) is 15.5. The molecule has 0 N–H and O–H groups in total. The maximum absolute atomic E-state index is 11.3. The van der Waals surface area contributed by atoms with Crippen LogP contribution in [-0.2, 0) is 13.5 Å². The van der Waals surface area contributed by atoms with E-state index in [2.05, 4.69) is 27.7 Å². The molecule has 0 bridgehead atoms. The lowest BCUT2D eigenvalue weighted by molar-refractivity contribution is -0.386. The molecule has 2 aromatic rings. The molecule has 0 spiro atoms. The minimum absolute atomic E-state index is 0.0472. The molecule has 106 valence electrons. The molecule has 0 saturated carbocycles. The van der Waals surface area contributed by atoms with Crippen LogP contribution in [0.4, 0.5) is 5.69 Å². The van der Waals surface area contributed by atoms with Gasteiger partial charge in [0.2, 0.25) is 0 Å². The number of hydrogen-bond donors (Lipinski definition) is 0. The Kier molecular flexibility index (Phi) is 4.58. The van der Waals surface area contributed by atoms with Gasteiger partial charge in [-0.1, -0.05) is 25.5 Å². The van der Waals surface area contributed by atoms with E-state index in [1.807, 2.05) is 25.1 Å². The Labute approximate surface area is 130 Å². The number of hydrogen-bond acceptors (Lipinski definition) is 4. The van der Waals surface area contributed by atoms with Crippen LogP contribution in [0.5, 0.6) is 11.6 Å². The van der Waals surface area contributed by atoms with Crippen molar-refractivity contribution in [1.29, 1.82) is 0 Å². The Hall–Kier alpha value is -1.64. The first kappa shape index (κ1) is 14.8. The zero-order valence-electron chi connectivity index (χ0n) is 11.2. The van der Waals surface area contributed by atoms with Crippen molar-refractivity contribution in [1.82, 2.24) is 9.78 Å². The molecule has 0 aliphatic heterocycles. The van der Waals surface area contributed by atoms with E-state index in [1.165, 1.54) is 4.68 Å². The van der Waals surface area contributed by atoms with Crippen LogP contribution < -0.4 is 4.74 Å². The maximum atomic E-state index is 11.3. The van der Waals surface area contributed by atoms with Crippen molar-refractivity contribution in [2.45, 2.75) is 19.8 Å². The first-order chi connectivity index (χ1) is 9.54. The predicted octanol–water partition coefficient (Wildman–Crippen LogP) is 3.68. The van der Waals surface area contributed by atoms with Crippen molar-refractivity contribution in [3.63, 3.8) is 0 Å². The van der Waals surface area contributed by atoms with Gasteiger partial charge >= 0.3 is 5.69 Å². The molecule has 0 radical (unpaired) electrons. The van der Waals surface area contributed by atoms with Crippen molar-refractivity contribution in [2.24, 2.45) is 7.05 Å². The summed E-state index contributed by atoms with van der Waals surface area (Å²) < 4.78 is 8.02. The normalized spacial score (nSPS) is 10.6. The van der Waals surface area contributed by atoms with E-state index in [9.17, 15) is 10.1 Å². The van der Waals surface area contributed by atoms with E-state index < -0.39 is 4.92 Å². The van der Waals surface area contributed by atoms with Crippen LogP contribution in [0.15, 0.2) is 24.3 Å². The van der Waals surface area contributed by atoms with E-state index in [1.54, 1.807) is 13.1 Å². The highest BCUT2D eigenvalue weighted by atomic mass is 127. The Morgan fingerprint density at radius 2 is 2.15 bits per heavy atom. The number of ether oxygens (including phenoxy) is 1. The Bertz CT molecular complexity index is 640. The van der Waals surface area contributed by atoms with Crippen molar-refractivity contribution in [3.05, 3.63) is 43.6 Å². The third-order valence-corrected chi connectivity index (χ3v) is 3.64. The summed E-state index contributed by atoms with van der Waals surface area (Å²) >= 11 is 2.13. The van der Waals surface area contributed by atoms with Crippen molar-refractivity contribution in [3.8, 4) is 11.6 Å². The van der Waals surface area contributed by atoms with Crippen molar-refractivity contribution < 1.29 is 9.66 Å². The molecule has 0 atom stereocenters. The third kappa shape index (κ3) is 2.92. The van der Waals surface area contributed by atoms with Crippen molar-refractivity contribution in [2.75, 3.05) is 0 Å². The summed E-state index contributed by atoms with van der Waals surface area (Å²) in [5.41, 5.74) is 0.412. The first-order valence-electron chi connectivity index (χ1n) is 6.17. The van der Waals surface area contributed by atoms with Crippen molar-refractivity contribution >= 4 is 28.3 Å². The van der Waals surface area contributed by atoms with E-state index in [4.69, 9.17) is 4.74 Å². The van der Waals surface area contributed by atoms with Crippen LogP contribution in [0.1, 0.15) is 19.0 Å². The summed E-state index contributed by atoms with van der Waals surface area (Å²) in [6, 6.07) is 7.37. The molecule has 1 aromatic carbocycles. The molecule has 0 unspecified atom stereocenters. The van der Waals surface area contributed by atoms with Crippen LogP contribution in [0.3, 0.4) is 0 Å². The Morgan fingerprint density at radius 1 is 1.45 bits per heavy atom. The van der Waals surface area contributed by atoms with Gasteiger partial charge in [-0.3, -0.25) is 10.1 Å². The van der Waals surface area contributed by atoms with Crippen LogP contribution in [-0.4, -0.2) is 14.7 Å². The number of aryl methyl sites for hydroxylation is 2. The molecular formula is C13H14IN3O3. The summed E-state index contributed by atoms with van der Waals surface area (Å²) in [6.45, 7) is 1.96. The zero-order chi connectivity index (χ0) is 14.7. The second kappa shape index (κ2) is 6.21. The fourth-order valence-electron chi connectivity index (χ4n) is 1.89. The summed E-state index contributed by atoms with van der Waals surface area (Å²) in [6.07, 6.45) is 1.35. The van der Waals surface area contributed by atoms with Gasteiger partial charge in [0.1, 0.15) is 11.4 Å². The number of halogens is 1. The fourth-order valence-corrected chi connectivity index (χ4v) is 2.38. The molecule has 0 aliphatic rings. The van der Waals surface area contributed by atoms with E-state index in [-0.39, 0.29) is 11.6 Å². The fraction of sp³-hybridized carbons (Fsp3) is 0.308. The van der Waals surface area contributed by atoms with Gasteiger partial charge in [0, 0.05) is 7.05 Å². The predicted molar refractivity (Wildman–Crippen MR) is 83.1 cm³/mol. The first-order valence-corrected chi connectivity index (χ1v) is 7.25. The van der Waals surface area contributed by atoms with Gasteiger partial charge in [0.15, 0.2) is 0 Å². The molecule has 0 aliphatic carbocycles. The van der Waals surface area contributed by atoms with Gasteiger partial charge < -0.3 is 4.74 Å². The molecule has 7 heteroatoms. The standard InChI is InChI=1S/C13H14IN3O3/c1-3-6-10-12(17(18)19)13(16(2)15-10)20-11-8-5-4-7-9(11)14/h4-5,7-8H,3,6H2,1-2H3. The third-order valence-electron chi connectivity index (χ3n) is 2.75. The highest BCUT2D eigenvalue weighted by molar-refractivity contribution is 14.1. The molecular weight excluding hydrogens is 373 g/mol. The number of nitrogens with zero attached hydrogens (tertiary/aromatic N) is 3. The lowest BCUT2D eigenvalue weighted by atomic mass is 10.2. The van der Waals surface area contributed by atoms with E-state index in [0.29, 0.717) is 17.9 Å². The van der Waals surface area contributed by atoms with Crippen LogP contribution in [0.2, 0.25) is 0 Å². The lowest BCUT2D eigenvalue weighted by Crippen LogP contribution is -1.98. The highest BCUT2D eigenvalue weighted by Crippen LogP contribution is 2.35. The average Bonchev–Trinajstić information content (AvgIpc) is 2.69. The van der Waals surface area contributed by atoms with Crippen LogP contribution in [0.25, 0.3) is 0 Å². The highest BCUT2D eigenvalue weighted by Gasteiger charge is 2.28. The summed E-state index contributed by atoms with van der Waals surface area (Å²) in [5.74, 6) is 0.754. The number of para-hydroxylation sites is 1. The second-order valence-electron chi connectivity index (χ2n) is 4.26. The van der Waals surface area contributed by atoms with Gasteiger partial charge in [-0.05, 0) is 41.1 Å². The van der Waals surface area contributed by atoms with Gasteiger partial charge in [0.05, 0.1) is 8.49 Å². The molecule has 1 aromatic heterocycles. The van der Waals surface area contributed by atoms with Gasteiger partial charge in [-0.2, -0.15) is 5.10 Å². The van der Waals surface area contributed by atoms with Crippen LogP contribution in [0, 0.1) is 13.7 Å². The smallest absolute Gasteiger partial charge is 0.353 e. The van der Waals surface area contributed by atoms with Gasteiger partial charge in [0.25, 0.3) is 5.88 Å². The van der Waals surface area contributed by atoms with E-state index in [0.717, 1.165) is 9.99 Å². The number of aromatic nitrogens is 2. The molecule has 0 amide bonds. The minimum atomic E-state index is -0.427. The van der Waals surface area contributed by atoms with Crippen LogP contribution >= 0.6 is 22.6 Å². The molecule has 1 heterocycles. The second-order valence-corrected chi connectivity index (χ2v) is 5.43. The number of rotatable bonds is 5. The Morgan fingerprint density at radius 3 is 2.75 bits per heavy atom. The quantitative estimate of drug-likeness (QED) is 0.446. The SMILES string of the molecule is CCCc1nn(C)c(Oc2ccccc2I)c1[N+](=O)[O-]. The average molecular weight is 387 g/mol. The van der Waals surface area contributed by atoms with E-state index >= 15 is 0 Å². The topological polar surface area (TPSA) is 70.2 Å². The largest absolute Gasteiger partial charge is 0.433 e. The lowest BCUT2D eigenvalue weighted by Gasteiger charge is -2.06. The molecule has 2 rings (SSSR count). The Balaban J connectivity index is 2.46. The minimum Gasteiger partial charge on any atom is -0.433 e. The summed E-state index contributed by atoms with van der Waals surface area (Å²) in [7, 11) is 1.65. The molecule has 0 saturated heterocycles. The van der Waals surface area contributed by atoms with Gasteiger partial charge in [-0.25, -0.2) is 4.68 Å². The maximum Gasteiger partial charge on any atom is 0.353 e. The number of nitro groups is 1. The monoisotopic (exact) mass is 387 g/mol. The zero-order valence-corrected chi connectivity index (χ0v) is 13.3.